The van der Waals surface area contributed by atoms with Crippen LogP contribution in [0.3, 0.4) is 0 Å². The molecule has 5 heteroatoms. The van der Waals surface area contributed by atoms with E-state index in [0.717, 1.165) is 10.0 Å². The first-order chi connectivity index (χ1) is 8.65. The van der Waals surface area contributed by atoms with Gasteiger partial charge in [-0.1, -0.05) is 28.1 Å². The number of benzene rings is 1. The third-order valence-electron chi connectivity index (χ3n) is 2.25. The number of hydrogen-bond acceptors (Lipinski definition) is 3. The number of hydrogen-bond donors (Lipinski definition) is 0. The summed E-state index contributed by atoms with van der Waals surface area (Å²) in [6, 6.07) is 11.0. The molecule has 0 aliphatic heterocycles. The number of carbonyl (C=O) groups is 1. The van der Waals surface area contributed by atoms with Crippen LogP contribution in [-0.4, -0.2) is 11.0 Å². The molecule has 0 N–H and O–H groups in total. The zero-order chi connectivity index (χ0) is 13.0. The molecule has 1 aromatic carbocycles. The summed E-state index contributed by atoms with van der Waals surface area (Å²) in [6.45, 7) is 0.252. The maximum absolute atomic E-state index is 11.7. The lowest BCUT2D eigenvalue weighted by atomic mass is 10.2. The predicted molar refractivity (Wildman–Crippen MR) is 75.2 cm³/mol. The summed E-state index contributed by atoms with van der Waals surface area (Å²) in [7, 11) is 0. The third-order valence-corrected chi connectivity index (χ3v) is 3.24. The van der Waals surface area contributed by atoms with Gasteiger partial charge in [-0.05, 0) is 45.8 Å². The molecule has 0 saturated carbocycles. The highest BCUT2D eigenvalue weighted by atomic mass is 79.9. The summed E-state index contributed by atoms with van der Waals surface area (Å²) in [4.78, 5) is 15.7. The Morgan fingerprint density at radius 2 is 1.83 bits per heavy atom. The van der Waals surface area contributed by atoms with E-state index in [4.69, 9.17) is 4.74 Å². The molecule has 0 bridgehead atoms. The standard InChI is InChI=1S/C13H9Br2NO2/c14-11-4-1-9(2-5-11)8-18-13(17)10-3-6-12(15)16-7-10/h1-7H,8H2. The van der Waals surface area contributed by atoms with Crippen molar-refractivity contribution in [1.82, 2.24) is 4.98 Å². The lowest BCUT2D eigenvalue weighted by molar-refractivity contribution is 0.0472. The molecule has 3 nitrogen and oxygen atoms in total. The van der Waals surface area contributed by atoms with E-state index < -0.39 is 0 Å². The number of pyridine rings is 1. The lowest BCUT2D eigenvalue weighted by Crippen LogP contribution is -2.05. The second-order valence-electron chi connectivity index (χ2n) is 3.57. The van der Waals surface area contributed by atoms with Gasteiger partial charge in [0.1, 0.15) is 11.2 Å². The molecule has 18 heavy (non-hydrogen) atoms. The number of aromatic nitrogens is 1. The summed E-state index contributed by atoms with van der Waals surface area (Å²) in [5, 5.41) is 0. The monoisotopic (exact) mass is 369 g/mol. The zero-order valence-corrected chi connectivity index (χ0v) is 12.4. The Labute approximate surface area is 121 Å². The summed E-state index contributed by atoms with van der Waals surface area (Å²) in [6.07, 6.45) is 1.48. The van der Waals surface area contributed by atoms with E-state index in [0.29, 0.717) is 10.2 Å². The minimum absolute atomic E-state index is 0.252. The van der Waals surface area contributed by atoms with Gasteiger partial charge in [0.05, 0.1) is 5.56 Å². The molecule has 0 spiro atoms. The minimum Gasteiger partial charge on any atom is -0.457 e. The number of esters is 1. The molecular formula is C13H9Br2NO2. The van der Waals surface area contributed by atoms with Crippen LogP contribution in [0.5, 0.6) is 0 Å². The van der Waals surface area contributed by atoms with Gasteiger partial charge in [-0.25, -0.2) is 9.78 Å². The van der Waals surface area contributed by atoms with Crippen molar-refractivity contribution < 1.29 is 9.53 Å². The fourth-order valence-corrected chi connectivity index (χ4v) is 1.81. The van der Waals surface area contributed by atoms with Gasteiger partial charge in [0, 0.05) is 10.7 Å². The Kier molecular flexibility index (Phi) is 4.49. The quantitative estimate of drug-likeness (QED) is 0.606. The molecule has 0 radical (unpaired) electrons. The predicted octanol–water partition coefficient (Wildman–Crippen LogP) is 3.96. The SMILES string of the molecule is O=C(OCc1ccc(Br)cc1)c1ccc(Br)nc1. The van der Waals surface area contributed by atoms with Gasteiger partial charge in [0.15, 0.2) is 0 Å². The van der Waals surface area contributed by atoms with Crippen molar-refractivity contribution in [3.63, 3.8) is 0 Å². The smallest absolute Gasteiger partial charge is 0.340 e. The number of ether oxygens (including phenoxy) is 1. The zero-order valence-electron chi connectivity index (χ0n) is 9.27. The molecule has 0 amide bonds. The average molecular weight is 371 g/mol. The molecule has 1 heterocycles. The van der Waals surface area contributed by atoms with Crippen molar-refractivity contribution in [3.8, 4) is 0 Å². The molecular weight excluding hydrogens is 362 g/mol. The molecule has 2 aromatic rings. The van der Waals surface area contributed by atoms with E-state index in [1.165, 1.54) is 6.20 Å². The molecule has 2 rings (SSSR count). The normalized spacial score (nSPS) is 10.1. The number of nitrogens with zero attached hydrogens (tertiary/aromatic N) is 1. The fourth-order valence-electron chi connectivity index (χ4n) is 1.31. The van der Waals surface area contributed by atoms with E-state index in [-0.39, 0.29) is 12.6 Å². The Morgan fingerprint density at radius 1 is 1.11 bits per heavy atom. The second-order valence-corrected chi connectivity index (χ2v) is 5.30. The molecule has 1 aromatic heterocycles. The van der Waals surface area contributed by atoms with Crippen LogP contribution in [0.4, 0.5) is 0 Å². The summed E-state index contributed by atoms with van der Waals surface area (Å²) in [5.41, 5.74) is 1.38. The Balaban J connectivity index is 1.96. The number of rotatable bonds is 3. The Bertz CT molecular complexity index is 538. The fraction of sp³-hybridized carbons (Fsp3) is 0.0769. The first kappa shape index (κ1) is 13.2. The topological polar surface area (TPSA) is 39.2 Å². The molecule has 0 unspecified atom stereocenters. The first-order valence-corrected chi connectivity index (χ1v) is 6.77. The third kappa shape index (κ3) is 3.65. The molecule has 0 fully saturated rings. The Hall–Kier alpha value is -1.20. The summed E-state index contributed by atoms with van der Waals surface area (Å²) >= 11 is 6.56. The average Bonchev–Trinajstić information content (AvgIpc) is 2.38. The van der Waals surface area contributed by atoms with Crippen LogP contribution in [0.1, 0.15) is 15.9 Å². The van der Waals surface area contributed by atoms with Crippen LogP contribution in [0.2, 0.25) is 0 Å². The van der Waals surface area contributed by atoms with Gasteiger partial charge in [-0.3, -0.25) is 0 Å². The summed E-state index contributed by atoms with van der Waals surface area (Å²) in [5.74, 6) is -0.377. The van der Waals surface area contributed by atoms with Crippen LogP contribution < -0.4 is 0 Å². The van der Waals surface area contributed by atoms with Crippen LogP contribution in [0.15, 0.2) is 51.7 Å². The van der Waals surface area contributed by atoms with Gasteiger partial charge < -0.3 is 4.74 Å². The first-order valence-electron chi connectivity index (χ1n) is 5.18. The van der Waals surface area contributed by atoms with Gasteiger partial charge in [-0.2, -0.15) is 0 Å². The lowest BCUT2D eigenvalue weighted by Gasteiger charge is -2.04. The largest absolute Gasteiger partial charge is 0.457 e. The maximum Gasteiger partial charge on any atom is 0.340 e. The van der Waals surface area contributed by atoms with Crippen LogP contribution in [-0.2, 0) is 11.3 Å². The maximum atomic E-state index is 11.7. The van der Waals surface area contributed by atoms with Crippen molar-refractivity contribution in [2.45, 2.75) is 6.61 Å². The highest BCUT2D eigenvalue weighted by Crippen LogP contribution is 2.12. The van der Waals surface area contributed by atoms with E-state index >= 15 is 0 Å². The van der Waals surface area contributed by atoms with Crippen LogP contribution in [0, 0.1) is 0 Å². The van der Waals surface area contributed by atoms with E-state index in [9.17, 15) is 4.79 Å². The van der Waals surface area contributed by atoms with E-state index in [1.807, 2.05) is 24.3 Å². The number of halogens is 2. The van der Waals surface area contributed by atoms with E-state index in [1.54, 1.807) is 12.1 Å². The van der Waals surface area contributed by atoms with Crippen molar-refractivity contribution in [1.29, 1.82) is 0 Å². The molecule has 0 aliphatic carbocycles. The highest BCUT2D eigenvalue weighted by molar-refractivity contribution is 9.10. The number of carbonyl (C=O) groups excluding carboxylic acids is 1. The molecule has 92 valence electrons. The van der Waals surface area contributed by atoms with Gasteiger partial charge in [-0.15, -0.1) is 0 Å². The highest BCUT2D eigenvalue weighted by Gasteiger charge is 2.07. The van der Waals surface area contributed by atoms with Crippen LogP contribution >= 0.6 is 31.9 Å². The second kappa shape index (κ2) is 6.11. The molecule has 0 atom stereocenters. The van der Waals surface area contributed by atoms with Crippen molar-refractivity contribution in [2.24, 2.45) is 0 Å². The molecule has 0 aliphatic rings. The minimum atomic E-state index is -0.377. The van der Waals surface area contributed by atoms with E-state index in [2.05, 4.69) is 36.8 Å². The van der Waals surface area contributed by atoms with Gasteiger partial charge in [0.25, 0.3) is 0 Å². The summed E-state index contributed by atoms with van der Waals surface area (Å²) < 4.78 is 6.87. The van der Waals surface area contributed by atoms with Crippen molar-refractivity contribution in [2.75, 3.05) is 0 Å². The van der Waals surface area contributed by atoms with Gasteiger partial charge in [0.2, 0.25) is 0 Å². The van der Waals surface area contributed by atoms with Gasteiger partial charge >= 0.3 is 5.97 Å². The van der Waals surface area contributed by atoms with Crippen LogP contribution in [0.25, 0.3) is 0 Å². The van der Waals surface area contributed by atoms with Crippen molar-refractivity contribution in [3.05, 3.63) is 62.8 Å². The van der Waals surface area contributed by atoms with Crippen molar-refractivity contribution >= 4 is 37.8 Å². The molecule has 0 saturated heterocycles. The Morgan fingerprint density at radius 3 is 2.44 bits per heavy atom.